The first kappa shape index (κ1) is 22.3. The minimum absolute atomic E-state index is 0.0708. The van der Waals surface area contributed by atoms with E-state index in [1.165, 1.54) is 7.11 Å². The van der Waals surface area contributed by atoms with Gasteiger partial charge in [0.2, 0.25) is 5.91 Å². The maximum Gasteiger partial charge on any atom is 0.407 e. The lowest BCUT2D eigenvalue weighted by atomic mass is 9.98. The highest BCUT2D eigenvalue weighted by atomic mass is 16.5. The van der Waals surface area contributed by atoms with Crippen molar-refractivity contribution in [3.8, 4) is 11.1 Å². The molecule has 2 amide bonds. The Labute approximate surface area is 180 Å². The van der Waals surface area contributed by atoms with Gasteiger partial charge in [0.05, 0.1) is 13.0 Å². The molecule has 3 rings (SSSR count). The number of benzene rings is 2. The van der Waals surface area contributed by atoms with E-state index in [0.717, 1.165) is 22.3 Å². The summed E-state index contributed by atoms with van der Waals surface area (Å²) >= 11 is 0. The molecule has 2 aromatic carbocycles. The molecule has 8 heteroatoms. The molecular weight excluding hydrogens is 400 g/mol. The molecule has 0 saturated heterocycles. The number of aliphatic carboxylic acids is 1. The molecule has 0 saturated carbocycles. The van der Waals surface area contributed by atoms with Gasteiger partial charge in [-0.05, 0) is 29.2 Å². The second-order valence-electron chi connectivity index (χ2n) is 7.49. The molecule has 0 fully saturated rings. The summed E-state index contributed by atoms with van der Waals surface area (Å²) in [4.78, 5) is 35.9. The van der Waals surface area contributed by atoms with E-state index in [0.29, 0.717) is 0 Å². The lowest BCUT2D eigenvalue weighted by Gasteiger charge is -2.20. The van der Waals surface area contributed by atoms with E-state index in [-0.39, 0.29) is 25.2 Å². The molecule has 8 nitrogen and oxygen atoms in total. The van der Waals surface area contributed by atoms with Crippen LogP contribution in [0, 0.1) is 0 Å². The third-order valence-electron chi connectivity index (χ3n) is 5.14. The maximum atomic E-state index is 12.4. The van der Waals surface area contributed by atoms with E-state index in [1.54, 1.807) is 6.92 Å². The Balaban J connectivity index is 1.65. The molecule has 2 atom stereocenters. The smallest absolute Gasteiger partial charge is 0.407 e. The molecule has 0 bridgehead atoms. The van der Waals surface area contributed by atoms with E-state index in [2.05, 4.69) is 10.6 Å². The van der Waals surface area contributed by atoms with E-state index in [1.807, 2.05) is 48.5 Å². The Morgan fingerprint density at radius 2 is 1.58 bits per heavy atom. The summed E-state index contributed by atoms with van der Waals surface area (Å²) in [5.41, 5.74) is 4.32. The number of hydrogen-bond donors (Lipinski definition) is 3. The lowest BCUT2D eigenvalue weighted by Crippen LogP contribution is -2.51. The summed E-state index contributed by atoms with van der Waals surface area (Å²) in [6, 6.07) is 14.3. The lowest BCUT2D eigenvalue weighted by molar-refractivity contribution is -0.140. The highest BCUT2D eigenvalue weighted by molar-refractivity contribution is 5.89. The van der Waals surface area contributed by atoms with Gasteiger partial charge in [0.15, 0.2) is 0 Å². The first-order valence-electron chi connectivity index (χ1n) is 10.0. The number of ether oxygens (including phenoxy) is 2. The molecule has 0 heterocycles. The second-order valence-corrected chi connectivity index (χ2v) is 7.49. The summed E-state index contributed by atoms with van der Waals surface area (Å²) in [5.74, 6) is -1.95. The van der Waals surface area contributed by atoms with Crippen molar-refractivity contribution in [2.75, 3.05) is 20.3 Å². The Bertz CT molecular complexity index is 915. The van der Waals surface area contributed by atoms with E-state index >= 15 is 0 Å². The van der Waals surface area contributed by atoms with Crippen LogP contribution in [0.25, 0.3) is 11.1 Å². The first-order valence-corrected chi connectivity index (χ1v) is 10.0. The highest BCUT2D eigenvalue weighted by Crippen LogP contribution is 2.44. The first-order chi connectivity index (χ1) is 14.9. The van der Waals surface area contributed by atoms with E-state index < -0.39 is 30.4 Å². The summed E-state index contributed by atoms with van der Waals surface area (Å²) < 4.78 is 10.4. The largest absolute Gasteiger partial charge is 0.481 e. The molecule has 0 aliphatic heterocycles. The predicted octanol–water partition coefficient (Wildman–Crippen LogP) is 2.52. The molecular formula is C23H26N2O6. The molecule has 3 N–H and O–H groups in total. The van der Waals surface area contributed by atoms with Crippen molar-refractivity contribution in [3.63, 3.8) is 0 Å². The van der Waals surface area contributed by atoms with Gasteiger partial charge in [-0.3, -0.25) is 9.59 Å². The Morgan fingerprint density at radius 1 is 1.00 bits per heavy atom. The third-order valence-corrected chi connectivity index (χ3v) is 5.14. The molecule has 0 aromatic heterocycles. The molecule has 1 aliphatic rings. The van der Waals surface area contributed by atoms with Crippen molar-refractivity contribution in [1.82, 2.24) is 10.6 Å². The van der Waals surface area contributed by atoms with Crippen LogP contribution < -0.4 is 10.6 Å². The van der Waals surface area contributed by atoms with Crippen LogP contribution in [0.15, 0.2) is 48.5 Å². The van der Waals surface area contributed by atoms with Crippen LogP contribution in [0.1, 0.15) is 30.4 Å². The van der Waals surface area contributed by atoms with Gasteiger partial charge in [-0.25, -0.2) is 4.79 Å². The van der Waals surface area contributed by atoms with Crippen LogP contribution >= 0.6 is 0 Å². The normalized spacial score (nSPS) is 14.1. The standard InChI is InChI=1S/C23H26N2O6/c1-14(12-30-2)24-22(28)20(11-21(26)27)25-23(29)31-13-19-17-9-5-3-7-15(17)16-8-4-6-10-18(16)19/h3-10,14,19-20H,11-13H2,1-2H3,(H,24,28)(H,25,29)(H,26,27). The number of carbonyl (C=O) groups excluding carboxylic acids is 2. The molecule has 2 unspecified atom stereocenters. The van der Waals surface area contributed by atoms with Crippen LogP contribution in [0.3, 0.4) is 0 Å². The van der Waals surface area contributed by atoms with Crippen LogP contribution in [0.5, 0.6) is 0 Å². The fourth-order valence-electron chi connectivity index (χ4n) is 3.80. The maximum absolute atomic E-state index is 12.4. The quantitative estimate of drug-likeness (QED) is 0.568. The Morgan fingerprint density at radius 3 is 2.13 bits per heavy atom. The number of carboxylic acids is 1. The molecule has 1 aliphatic carbocycles. The average Bonchev–Trinajstić information content (AvgIpc) is 3.05. The zero-order valence-electron chi connectivity index (χ0n) is 17.5. The van der Waals surface area contributed by atoms with Crippen molar-refractivity contribution in [3.05, 3.63) is 59.7 Å². The van der Waals surface area contributed by atoms with Gasteiger partial charge >= 0.3 is 12.1 Å². The number of hydrogen-bond acceptors (Lipinski definition) is 5. The van der Waals surface area contributed by atoms with Gasteiger partial charge in [-0.2, -0.15) is 0 Å². The van der Waals surface area contributed by atoms with Gasteiger partial charge < -0.3 is 25.2 Å². The number of fused-ring (bicyclic) bond motifs is 3. The van der Waals surface area contributed by atoms with Gasteiger partial charge in [0, 0.05) is 19.1 Å². The number of alkyl carbamates (subject to hydrolysis) is 1. The van der Waals surface area contributed by atoms with Crippen LogP contribution in [0.2, 0.25) is 0 Å². The van der Waals surface area contributed by atoms with E-state index in [4.69, 9.17) is 14.6 Å². The molecule has 164 valence electrons. The fourth-order valence-corrected chi connectivity index (χ4v) is 3.80. The zero-order chi connectivity index (χ0) is 22.4. The SMILES string of the molecule is COCC(C)NC(=O)C(CC(=O)O)NC(=O)OCC1c2ccccc2-c2ccccc21. The van der Waals surface area contributed by atoms with Crippen molar-refractivity contribution in [2.45, 2.75) is 31.3 Å². The van der Waals surface area contributed by atoms with Crippen molar-refractivity contribution >= 4 is 18.0 Å². The van der Waals surface area contributed by atoms with Crippen molar-refractivity contribution in [2.24, 2.45) is 0 Å². The summed E-state index contributed by atoms with van der Waals surface area (Å²) in [6.07, 6.45) is -1.40. The van der Waals surface area contributed by atoms with Gasteiger partial charge in [0.1, 0.15) is 12.6 Å². The Hall–Kier alpha value is -3.39. The fraction of sp³-hybridized carbons (Fsp3) is 0.348. The zero-order valence-corrected chi connectivity index (χ0v) is 17.5. The summed E-state index contributed by atoms with van der Waals surface area (Å²) in [7, 11) is 1.49. The van der Waals surface area contributed by atoms with Gasteiger partial charge in [-0.1, -0.05) is 48.5 Å². The van der Waals surface area contributed by atoms with Gasteiger partial charge in [-0.15, -0.1) is 0 Å². The second kappa shape index (κ2) is 10.1. The molecule has 2 aromatic rings. The van der Waals surface area contributed by atoms with Crippen LogP contribution in [0.4, 0.5) is 4.79 Å². The average molecular weight is 426 g/mol. The molecule has 0 spiro atoms. The number of rotatable bonds is 9. The highest BCUT2D eigenvalue weighted by Gasteiger charge is 2.30. The minimum atomic E-state index is -1.26. The number of methoxy groups -OCH3 is 1. The Kier molecular flexibility index (Phi) is 7.25. The third kappa shape index (κ3) is 5.40. The van der Waals surface area contributed by atoms with E-state index in [9.17, 15) is 14.4 Å². The number of amides is 2. The molecule has 0 radical (unpaired) electrons. The minimum Gasteiger partial charge on any atom is -0.481 e. The summed E-state index contributed by atoms with van der Waals surface area (Å²) in [6.45, 7) is 2.05. The topological polar surface area (TPSA) is 114 Å². The van der Waals surface area contributed by atoms with Crippen LogP contribution in [-0.4, -0.2) is 55.5 Å². The number of nitrogens with one attached hydrogen (secondary N) is 2. The van der Waals surface area contributed by atoms with Gasteiger partial charge in [0.25, 0.3) is 0 Å². The molecule has 31 heavy (non-hydrogen) atoms. The van der Waals surface area contributed by atoms with Crippen molar-refractivity contribution in [1.29, 1.82) is 0 Å². The van der Waals surface area contributed by atoms with Crippen molar-refractivity contribution < 1.29 is 29.0 Å². The summed E-state index contributed by atoms with van der Waals surface area (Å²) in [5, 5.41) is 14.1. The predicted molar refractivity (Wildman–Crippen MR) is 114 cm³/mol. The number of carboxylic acid groups (broad SMARTS) is 1. The van der Waals surface area contributed by atoms with Crippen LogP contribution in [-0.2, 0) is 19.1 Å². The number of carbonyl (C=O) groups is 3. The monoisotopic (exact) mass is 426 g/mol.